The van der Waals surface area contributed by atoms with Crippen molar-refractivity contribution in [1.82, 2.24) is 5.32 Å². The molecule has 0 aliphatic carbocycles. The van der Waals surface area contributed by atoms with Crippen LogP contribution in [0.4, 0.5) is 18.9 Å². The van der Waals surface area contributed by atoms with Gasteiger partial charge in [0.2, 0.25) is 0 Å². The highest BCUT2D eigenvalue weighted by molar-refractivity contribution is 14.0. The maximum atomic E-state index is 12.3. The summed E-state index contributed by atoms with van der Waals surface area (Å²) >= 11 is 0. The van der Waals surface area contributed by atoms with Gasteiger partial charge in [-0.15, -0.1) is 37.1 Å². The van der Waals surface area contributed by atoms with Crippen LogP contribution in [0.2, 0.25) is 0 Å². The van der Waals surface area contributed by atoms with Crippen molar-refractivity contribution >= 4 is 41.5 Å². The van der Waals surface area contributed by atoms with Gasteiger partial charge in [-0.05, 0) is 54.8 Å². The van der Waals surface area contributed by atoms with Crippen molar-refractivity contribution in [3.8, 4) is 5.75 Å². The first-order valence-corrected chi connectivity index (χ1v) is 9.70. The molecule has 1 heterocycles. The van der Waals surface area contributed by atoms with Crippen molar-refractivity contribution < 1.29 is 27.4 Å². The molecule has 1 amide bonds. The molecular weight excluding hydrogens is 540 g/mol. The lowest BCUT2D eigenvalue weighted by Crippen LogP contribution is -2.31. The van der Waals surface area contributed by atoms with Gasteiger partial charge in [0.15, 0.2) is 5.96 Å². The van der Waals surface area contributed by atoms with E-state index in [0.717, 1.165) is 25.0 Å². The largest absolute Gasteiger partial charge is 0.573 e. The Kier molecular flexibility index (Phi) is 9.57. The summed E-state index contributed by atoms with van der Waals surface area (Å²) in [6.07, 6.45) is -2.73. The SMILES string of the molecule is I.NC(=NCc1cccc(C(=O)NCC2CCCO2)c1)Nc1ccc(OC(F)(F)F)cc1. The van der Waals surface area contributed by atoms with Crippen LogP contribution in [0.25, 0.3) is 0 Å². The lowest BCUT2D eigenvalue weighted by atomic mass is 10.1. The minimum Gasteiger partial charge on any atom is -0.406 e. The number of aliphatic imine (C=N–C) groups is 1. The second-order valence-corrected chi connectivity index (χ2v) is 6.94. The fourth-order valence-electron chi connectivity index (χ4n) is 3.03. The van der Waals surface area contributed by atoms with E-state index in [1.165, 1.54) is 24.3 Å². The predicted octanol–water partition coefficient (Wildman–Crippen LogP) is 4.04. The average Bonchev–Trinajstić information content (AvgIpc) is 3.25. The Morgan fingerprint density at radius 3 is 2.62 bits per heavy atom. The molecule has 174 valence electrons. The molecule has 0 aromatic heterocycles. The van der Waals surface area contributed by atoms with Gasteiger partial charge in [-0.25, -0.2) is 4.99 Å². The Hall–Kier alpha value is -2.54. The zero-order valence-electron chi connectivity index (χ0n) is 17.0. The average molecular weight is 564 g/mol. The molecule has 7 nitrogen and oxygen atoms in total. The van der Waals surface area contributed by atoms with E-state index in [1.807, 2.05) is 6.07 Å². The van der Waals surface area contributed by atoms with Crippen LogP contribution >= 0.6 is 24.0 Å². The Labute approximate surface area is 200 Å². The molecule has 1 unspecified atom stereocenters. The summed E-state index contributed by atoms with van der Waals surface area (Å²) in [4.78, 5) is 16.5. The third kappa shape index (κ3) is 8.54. The first-order valence-electron chi connectivity index (χ1n) is 9.70. The topological polar surface area (TPSA) is 98.0 Å². The quantitative estimate of drug-likeness (QED) is 0.268. The van der Waals surface area contributed by atoms with Gasteiger partial charge in [0.05, 0.1) is 12.6 Å². The molecule has 0 spiro atoms. The second-order valence-electron chi connectivity index (χ2n) is 6.94. The number of benzene rings is 2. The van der Waals surface area contributed by atoms with Gasteiger partial charge in [0.1, 0.15) is 5.75 Å². The number of halogens is 4. The molecule has 0 saturated carbocycles. The molecule has 1 fully saturated rings. The van der Waals surface area contributed by atoms with Crippen molar-refractivity contribution in [3.63, 3.8) is 0 Å². The van der Waals surface area contributed by atoms with E-state index in [9.17, 15) is 18.0 Å². The highest BCUT2D eigenvalue weighted by Crippen LogP contribution is 2.23. The maximum Gasteiger partial charge on any atom is 0.573 e. The molecule has 2 aromatic rings. The van der Waals surface area contributed by atoms with E-state index in [0.29, 0.717) is 17.8 Å². The van der Waals surface area contributed by atoms with Crippen LogP contribution in [-0.4, -0.2) is 37.5 Å². The van der Waals surface area contributed by atoms with Crippen LogP contribution in [0.1, 0.15) is 28.8 Å². The number of hydrogen-bond donors (Lipinski definition) is 3. The number of amides is 1. The Morgan fingerprint density at radius 2 is 1.97 bits per heavy atom. The van der Waals surface area contributed by atoms with E-state index in [-0.39, 0.29) is 54.2 Å². The number of hydrogen-bond acceptors (Lipinski definition) is 4. The number of nitrogens with two attached hydrogens (primary N) is 1. The van der Waals surface area contributed by atoms with E-state index in [2.05, 4.69) is 20.4 Å². The number of carbonyl (C=O) groups is 1. The normalized spacial score (nSPS) is 16.2. The third-order valence-corrected chi connectivity index (χ3v) is 4.50. The molecule has 1 aliphatic rings. The smallest absolute Gasteiger partial charge is 0.406 e. The minimum atomic E-state index is -4.74. The summed E-state index contributed by atoms with van der Waals surface area (Å²) < 4.78 is 45.9. The molecule has 3 rings (SSSR count). The van der Waals surface area contributed by atoms with Crippen molar-refractivity contribution in [2.75, 3.05) is 18.5 Å². The number of guanidine groups is 1. The van der Waals surface area contributed by atoms with Gasteiger partial charge in [0, 0.05) is 24.4 Å². The summed E-state index contributed by atoms with van der Waals surface area (Å²) in [5.41, 5.74) is 7.59. The van der Waals surface area contributed by atoms with Crippen molar-refractivity contribution in [3.05, 3.63) is 59.7 Å². The Bertz CT molecular complexity index is 917. The van der Waals surface area contributed by atoms with Gasteiger partial charge in [-0.3, -0.25) is 4.79 Å². The number of nitrogens with one attached hydrogen (secondary N) is 2. The molecule has 2 aromatic carbocycles. The molecule has 32 heavy (non-hydrogen) atoms. The number of alkyl halides is 3. The summed E-state index contributed by atoms with van der Waals surface area (Å²) in [7, 11) is 0. The van der Waals surface area contributed by atoms with E-state index in [1.54, 1.807) is 18.2 Å². The minimum absolute atomic E-state index is 0. The van der Waals surface area contributed by atoms with Crippen molar-refractivity contribution in [2.45, 2.75) is 31.9 Å². The highest BCUT2D eigenvalue weighted by atomic mass is 127. The molecular formula is C21H24F3IN4O3. The van der Waals surface area contributed by atoms with Crippen LogP contribution in [0.15, 0.2) is 53.5 Å². The molecule has 1 saturated heterocycles. The summed E-state index contributed by atoms with van der Waals surface area (Å²) in [6, 6.07) is 12.1. The third-order valence-electron chi connectivity index (χ3n) is 4.50. The number of nitrogens with zero attached hydrogens (tertiary/aromatic N) is 1. The lowest BCUT2D eigenvalue weighted by molar-refractivity contribution is -0.274. The van der Waals surface area contributed by atoms with Gasteiger partial charge < -0.3 is 25.8 Å². The molecule has 11 heteroatoms. The zero-order valence-corrected chi connectivity index (χ0v) is 19.4. The van der Waals surface area contributed by atoms with E-state index >= 15 is 0 Å². The van der Waals surface area contributed by atoms with Gasteiger partial charge in [-0.1, -0.05) is 12.1 Å². The molecule has 0 radical (unpaired) electrons. The van der Waals surface area contributed by atoms with Crippen LogP contribution in [0.3, 0.4) is 0 Å². The maximum absolute atomic E-state index is 12.3. The Balaban J connectivity index is 0.00000363. The van der Waals surface area contributed by atoms with Crippen molar-refractivity contribution in [2.24, 2.45) is 10.7 Å². The van der Waals surface area contributed by atoms with Crippen LogP contribution in [0.5, 0.6) is 5.75 Å². The van der Waals surface area contributed by atoms with Crippen LogP contribution < -0.4 is 21.1 Å². The number of rotatable bonds is 7. The number of ether oxygens (including phenoxy) is 2. The number of anilines is 1. The molecule has 1 aliphatic heterocycles. The highest BCUT2D eigenvalue weighted by Gasteiger charge is 2.30. The Morgan fingerprint density at radius 1 is 1.22 bits per heavy atom. The number of carbonyl (C=O) groups excluding carboxylic acids is 1. The van der Waals surface area contributed by atoms with E-state index in [4.69, 9.17) is 10.5 Å². The van der Waals surface area contributed by atoms with Crippen molar-refractivity contribution in [1.29, 1.82) is 0 Å². The first-order chi connectivity index (χ1) is 14.8. The van der Waals surface area contributed by atoms with Crippen LogP contribution in [-0.2, 0) is 11.3 Å². The zero-order chi connectivity index (χ0) is 22.3. The monoisotopic (exact) mass is 564 g/mol. The summed E-state index contributed by atoms with van der Waals surface area (Å²) in [5, 5.41) is 5.66. The fourth-order valence-corrected chi connectivity index (χ4v) is 3.03. The predicted molar refractivity (Wildman–Crippen MR) is 125 cm³/mol. The fraction of sp³-hybridized carbons (Fsp3) is 0.333. The van der Waals surface area contributed by atoms with Gasteiger partial charge in [-0.2, -0.15) is 0 Å². The van der Waals surface area contributed by atoms with Gasteiger partial charge >= 0.3 is 6.36 Å². The molecule has 0 bridgehead atoms. The summed E-state index contributed by atoms with van der Waals surface area (Å²) in [6.45, 7) is 1.43. The first kappa shape index (κ1) is 25.7. The van der Waals surface area contributed by atoms with E-state index < -0.39 is 6.36 Å². The molecule has 1 atom stereocenters. The van der Waals surface area contributed by atoms with Crippen LogP contribution in [0, 0.1) is 0 Å². The lowest BCUT2D eigenvalue weighted by Gasteiger charge is -2.11. The summed E-state index contributed by atoms with van der Waals surface area (Å²) in [5.74, 6) is -0.436. The van der Waals surface area contributed by atoms with Gasteiger partial charge in [0.25, 0.3) is 5.91 Å². The standard InChI is InChI=1S/C21H23F3N4O3.HI/c22-21(23,24)31-17-8-6-16(7-9-17)28-20(25)27-12-14-3-1-4-15(11-14)19(29)26-13-18-5-2-10-30-18;/h1,3-4,6-9,11,18H,2,5,10,12-13H2,(H,26,29)(H3,25,27,28);1H. The molecule has 4 N–H and O–H groups in total. The second kappa shape index (κ2) is 11.9.